The highest BCUT2D eigenvalue weighted by Gasteiger charge is 2.33. The lowest BCUT2D eigenvalue weighted by Crippen LogP contribution is -2.53. The quantitative estimate of drug-likeness (QED) is 0.908. The summed E-state index contributed by atoms with van der Waals surface area (Å²) >= 11 is 0. The van der Waals surface area contributed by atoms with Crippen LogP contribution in [0, 0.1) is 0 Å². The molecule has 128 valence electrons. The molecule has 1 aliphatic carbocycles. The molecule has 1 atom stereocenters. The molecule has 24 heavy (non-hydrogen) atoms. The Kier molecular flexibility index (Phi) is 4.97. The van der Waals surface area contributed by atoms with Gasteiger partial charge in [-0.2, -0.15) is 0 Å². The van der Waals surface area contributed by atoms with Gasteiger partial charge < -0.3 is 5.32 Å². The summed E-state index contributed by atoms with van der Waals surface area (Å²) in [6.07, 6.45) is 5.61. The third-order valence-electron chi connectivity index (χ3n) is 4.96. The van der Waals surface area contributed by atoms with Crippen LogP contribution in [-0.2, 0) is 9.59 Å². The van der Waals surface area contributed by atoms with Crippen molar-refractivity contribution in [2.45, 2.75) is 58.0 Å². The Labute approximate surface area is 143 Å². The number of carbonyl (C=O) groups excluding carboxylic acids is 2. The number of hydrogen-bond donors (Lipinski definition) is 1. The Morgan fingerprint density at radius 1 is 1.17 bits per heavy atom. The monoisotopic (exact) mass is 327 g/mol. The summed E-state index contributed by atoms with van der Waals surface area (Å²) < 4.78 is 0. The van der Waals surface area contributed by atoms with Gasteiger partial charge in [-0.05, 0) is 25.8 Å². The van der Waals surface area contributed by atoms with Gasteiger partial charge in [0.05, 0.1) is 12.2 Å². The summed E-state index contributed by atoms with van der Waals surface area (Å²) in [6, 6.07) is 7.31. The van der Waals surface area contributed by atoms with E-state index in [0.717, 1.165) is 42.6 Å². The molecule has 1 aromatic rings. The predicted octanol–water partition coefficient (Wildman–Crippen LogP) is 2.68. The lowest BCUT2D eigenvalue weighted by Gasteiger charge is -2.31. The van der Waals surface area contributed by atoms with Gasteiger partial charge in [-0.3, -0.25) is 19.5 Å². The maximum absolute atomic E-state index is 12.9. The first kappa shape index (κ1) is 16.7. The number of benzodiazepines with no additional fused rings is 1. The van der Waals surface area contributed by atoms with E-state index in [4.69, 9.17) is 0 Å². The molecule has 0 saturated heterocycles. The van der Waals surface area contributed by atoms with Gasteiger partial charge in [0.25, 0.3) is 0 Å². The predicted molar refractivity (Wildman–Crippen MR) is 95.5 cm³/mol. The van der Waals surface area contributed by atoms with E-state index in [1.165, 1.54) is 13.3 Å². The lowest BCUT2D eigenvalue weighted by molar-refractivity contribution is -0.126. The van der Waals surface area contributed by atoms with E-state index in [1.807, 2.05) is 31.2 Å². The summed E-state index contributed by atoms with van der Waals surface area (Å²) in [6.45, 7) is 3.75. The number of benzene rings is 1. The molecule has 5 heteroatoms. The highest BCUT2D eigenvalue weighted by Crippen LogP contribution is 2.27. The number of nitrogens with one attached hydrogen (secondary N) is 1. The number of nitrogens with zero attached hydrogens (tertiary/aromatic N) is 2. The fourth-order valence-corrected chi connectivity index (χ4v) is 3.68. The molecule has 0 radical (unpaired) electrons. The second kappa shape index (κ2) is 7.16. The minimum Gasteiger partial charge on any atom is -0.352 e. The Bertz CT molecular complexity index is 662. The molecule has 2 aliphatic rings. The molecular weight excluding hydrogens is 302 g/mol. The van der Waals surface area contributed by atoms with Gasteiger partial charge in [0, 0.05) is 24.2 Å². The maximum atomic E-state index is 12.9. The minimum atomic E-state index is -0.581. The normalized spacial score (nSPS) is 21.5. The average Bonchev–Trinajstić information content (AvgIpc) is 2.73. The molecule has 5 nitrogen and oxygen atoms in total. The smallest absolute Gasteiger partial charge is 0.245 e. The van der Waals surface area contributed by atoms with Gasteiger partial charge in [-0.15, -0.1) is 0 Å². The standard InChI is InChI=1S/C19H25N3O2/c1-13-16-10-6-7-11-17(16)22(14(2)23)18(12-20-13)19(24)21-15-8-4-3-5-9-15/h6-7,10-11,15,18H,3-5,8-9,12H2,1-2H3,(H,21,24). The molecule has 0 aromatic heterocycles. The zero-order chi connectivity index (χ0) is 17.1. The fourth-order valence-electron chi connectivity index (χ4n) is 3.68. The van der Waals surface area contributed by atoms with Gasteiger partial charge in [-0.25, -0.2) is 0 Å². The molecule has 2 amide bonds. The van der Waals surface area contributed by atoms with E-state index in [9.17, 15) is 9.59 Å². The third kappa shape index (κ3) is 3.35. The van der Waals surface area contributed by atoms with E-state index in [-0.39, 0.29) is 17.9 Å². The number of amides is 2. The van der Waals surface area contributed by atoms with E-state index in [2.05, 4.69) is 10.3 Å². The van der Waals surface area contributed by atoms with Crippen molar-refractivity contribution in [3.63, 3.8) is 0 Å². The van der Waals surface area contributed by atoms with Crippen molar-refractivity contribution in [3.8, 4) is 0 Å². The van der Waals surface area contributed by atoms with E-state index >= 15 is 0 Å². The van der Waals surface area contributed by atoms with Crippen molar-refractivity contribution >= 4 is 23.2 Å². The van der Waals surface area contributed by atoms with E-state index in [0.29, 0.717) is 6.54 Å². The van der Waals surface area contributed by atoms with Crippen LogP contribution in [0.2, 0.25) is 0 Å². The van der Waals surface area contributed by atoms with Crippen molar-refractivity contribution in [2.75, 3.05) is 11.4 Å². The van der Waals surface area contributed by atoms with Gasteiger partial charge >= 0.3 is 0 Å². The Morgan fingerprint density at radius 3 is 2.58 bits per heavy atom. The molecule has 0 spiro atoms. The van der Waals surface area contributed by atoms with Crippen LogP contribution in [0.1, 0.15) is 51.5 Å². The number of anilines is 1. The van der Waals surface area contributed by atoms with E-state index < -0.39 is 6.04 Å². The van der Waals surface area contributed by atoms with Gasteiger partial charge in [0.1, 0.15) is 6.04 Å². The van der Waals surface area contributed by atoms with Crippen LogP contribution in [0.5, 0.6) is 0 Å². The number of para-hydroxylation sites is 1. The van der Waals surface area contributed by atoms with Gasteiger partial charge in [0.2, 0.25) is 11.8 Å². The largest absolute Gasteiger partial charge is 0.352 e. The van der Waals surface area contributed by atoms with Crippen LogP contribution < -0.4 is 10.2 Å². The first-order valence-corrected chi connectivity index (χ1v) is 8.78. The van der Waals surface area contributed by atoms with E-state index in [1.54, 1.807) is 4.90 Å². The van der Waals surface area contributed by atoms with Crippen molar-refractivity contribution in [3.05, 3.63) is 29.8 Å². The summed E-state index contributed by atoms with van der Waals surface area (Å²) in [5.41, 5.74) is 2.55. The van der Waals surface area contributed by atoms with Crippen molar-refractivity contribution < 1.29 is 9.59 Å². The third-order valence-corrected chi connectivity index (χ3v) is 4.96. The number of fused-ring (bicyclic) bond motifs is 1. The van der Waals surface area contributed by atoms with Crippen LogP contribution in [0.25, 0.3) is 0 Å². The molecule has 1 saturated carbocycles. The zero-order valence-electron chi connectivity index (χ0n) is 14.4. The molecule has 0 bridgehead atoms. The van der Waals surface area contributed by atoms with Crippen LogP contribution >= 0.6 is 0 Å². The first-order valence-electron chi connectivity index (χ1n) is 8.78. The second-order valence-corrected chi connectivity index (χ2v) is 6.69. The summed E-state index contributed by atoms with van der Waals surface area (Å²) in [5, 5.41) is 3.14. The number of hydrogen-bond acceptors (Lipinski definition) is 3. The maximum Gasteiger partial charge on any atom is 0.245 e. The summed E-state index contributed by atoms with van der Waals surface area (Å²) in [7, 11) is 0. The molecule has 1 unspecified atom stereocenters. The van der Waals surface area contributed by atoms with Crippen LogP contribution in [0.3, 0.4) is 0 Å². The van der Waals surface area contributed by atoms with Gasteiger partial charge in [-0.1, -0.05) is 37.5 Å². The topological polar surface area (TPSA) is 61.8 Å². The molecule has 1 aromatic carbocycles. The molecular formula is C19H25N3O2. The molecule has 3 rings (SSSR count). The number of rotatable bonds is 2. The minimum absolute atomic E-state index is 0.0923. The highest BCUT2D eigenvalue weighted by molar-refractivity contribution is 6.10. The fraction of sp³-hybridized carbons (Fsp3) is 0.526. The molecule has 1 heterocycles. The van der Waals surface area contributed by atoms with Crippen molar-refractivity contribution in [1.29, 1.82) is 0 Å². The zero-order valence-corrected chi connectivity index (χ0v) is 14.4. The second-order valence-electron chi connectivity index (χ2n) is 6.69. The van der Waals surface area contributed by atoms with Crippen LogP contribution in [0.15, 0.2) is 29.3 Å². The van der Waals surface area contributed by atoms with Crippen molar-refractivity contribution in [2.24, 2.45) is 4.99 Å². The molecule has 1 fully saturated rings. The summed E-state index contributed by atoms with van der Waals surface area (Å²) in [4.78, 5) is 31.4. The Hall–Kier alpha value is -2.17. The molecule has 1 aliphatic heterocycles. The Morgan fingerprint density at radius 2 is 1.88 bits per heavy atom. The first-order chi connectivity index (χ1) is 11.6. The van der Waals surface area contributed by atoms with Crippen molar-refractivity contribution in [1.82, 2.24) is 5.32 Å². The van der Waals surface area contributed by atoms with Gasteiger partial charge in [0.15, 0.2) is 0 Å². The molecule has 1 N–H and O–H groups in total. The SMILES string of the molecule is CC(=O)N1c2ccccc2C(C)=NCC1C(=O)NC1CCCCC1. The number of aliphatic imine (C=N–C) groups is 1. The lowest BCUT2D eigenvalue weighted by atomic mass is 9.95. The Balaban J connectivity index is 1.88. The highest BCUT2D eigenvalue weighted by atomic mass is 16.2. The summed E-state index contributed by atoms with van der Waals surface area (Å²) in [5.74, 6) is -0.221. The number of carbonyl (C=O) groups is 2. The van der Waals surface area contributed by atoms with Crippen LogP contribution in [-0.4, -0.2) is 36.2 Å². The van der Waals surface area contributed by atoms with Crippen LogP contribution in [0.4, 0.5) is 5.69 Å². The average molecular weight is 327 g/mol.